The number of hydrogen-bond acceptors (Lipinski definition) is 3. The maximum atomic E-state index is 11.1. The second-order valence-corrected chi connectivity index (χ2v) is 2.57. The highest BCUT2D eigenvalue weighted by Crippen LogP contribution is 2.15. The van der Waals surface area contributed by atoms with Crippen LogP contribution >= 0.6 is 0 Å². The zero-order valence-corrected chi connectivity index (χ0v) is 6.32. The fourth-order valence-electron chi connectivity index (χ4n) is 1.28. The monoisotopic (exact) mass is 164 g/mol. The molecular formula is C8H8N2O2. The Morgan fingerprint density at radius 3 is 2.92 bits per heavy atom. The Labute approximate surface area is 69.3 Å². The Morgan fingerprint density at radius 2 is 2.17 bits per heavy atom. The Kier molecular flexibility index (Phi) is 1.65. The van der Waals surface area contributed by atoms with Gasteiger partial charge in [0, 0.05) is 6.07 Å². The van der Waals surface area contributed by atoms with Gasteiger partial charge in [-0.05, 0) is 6.07 Å². The van der Waals surface area contributed by atoms with E-state index in [4.69, 9.17) is 5.11 Å². The van der Waals surface area contributed by atoms with Crippen LogP contribution < -0.4 is 5.17 Å². The molecular weight excluding hydrogens is 156 g/mol. The Hall–Kier alpha value is -1.23. The molecule has 1 aliphatic heterocycles. The molecule has 4 nitrogen and oxygen atoms in total. The van der Waals surface area contributed by atoms with E-state index in [1.165, 1.54) is 0 Å². The number of nitrogens with one attached hydrogen (secondary N) is 1. The SMILES string of the molecule is [O-][NH+]1N=C(CO)c2ccccc21. The molecule has 4 heteroatoms. The number of hydrogen-bond donors (Lipinski definition) is 2. The van der Waals surface area contributed by atoms with Crippen molar-refractivity contribution in [1.82, 2.24) is 0 Å². The first kappa shape index (κ1) is 7.42. The summed E-state index contributed by atoms with van der Waals surface area (Å²) in [4.78, 5) is 0. The van der Waals surface area contributed by atoms with Crippen LogP contribution in [0.3, 0.4) is 0 Å². The minimum absolute atomic E-state index is 0.178. The molecule has 12 heavy (non-hydrogen) atoms. The first-order valence-electron chi connectivity index (χ1n) is 3.65. The largest absolute Gasteiger partial charge is 0.601 e. The van der Waals surface area contributed by atoms with Crippen molar-refractivity contribution in [2.75, 3.05) is 6.61 Å². The van der Waals surface area contributed by atoms with Gasteiger partial charge in [0.25, 0.3) is 0 Å². The van der Waals surface area contributed by atoms with Crippen molar-refractivity contribution >= 4 is 11.4 Å². The van der Waals surface area contributed by atoms with Gasteiger partial charge in [0.2, 0.25) is 0 Å². The van der Waals surface area contributed by atoms with Crippen molar-refractivity contribution in [2.24, 2.45) is 5.10 Å². The van der Waals surface area contributed by atoms with Gasteiger partial charge in [-0.1, -0.05) is 17.2 Å². The number of aliphatic hydroxyl groups excluding tert-OH is 1. The second kappa shape index (κ2) is 2.67. The van der Waals surface area contributed by atoms with Crippen LogP contribution in [-0.4, -0.2) is 17.4 Å². The van der Waals surface area contributed by atoms with Gasteiger partial charge in [-0.2, -0.15) is 0 Å². The molecule has 1 aromatic carbocycles. The van der Waals surface area contributed by atoms with E-state index in [1.807, 2.05) is 6.07 Å². The predicted octanol–water partition coefficient (Wildman–Crippen LogP) is -0.589. The Balaban J connectivity index is 2.53. The van der Waals surface area contributed by atoms with Gasteiger partial charge in [0.15, 0.2) is 5.69 Å². The summed E-state index contributed by atoms with van der Waals surface area (Å²) in [5, 5.41) is 23.4. The molecule has 0 saturated carbocycles. The molecule has 0 aliphatic carbocycles. The molecule has 1 heterocycles. The highest BCUT2D eigenvalue weighted by atomic mass is 16.5. The Bertz CT molecular complexity index is 336. The van der Waals surface area contributed by atoms with Crippen LogP contribution in [-0.2, 0) is 0 Å². The van der Waals surface area contributed by atoms with Crippen molar-refractivity contribution in [3.8, 4) is 0 Å². The van der Waals surface area contributed by atoms with Crippen LogP contribution in [0.25, 0.3) is 0 Å². The third-order valence-corrected chi connectivity index (χ3v) is 1.85. The molecule has 2 rings (SSSR count). The number of benzene rings is 1. The van der Waals surface area contributed by atoms with Crippen LogP contribution in [0.15, 0.2) is 29.4 Å². The molecule has 62 valence electrons. The summed E-state index contributed by atoms with van der Waals surface area (Å²) in [6.45, 7) is -0.178. The molecule has 2 N–H and O–H groups in total. The van der Waals surface area contributed by atoms with E-state index in [1.54, 1.807) is 18.2 Å². The summed E-state index contributed by atoms with van der Waals surface area (Å²) in [5.74, 6) is 0. The number of nitrogens with zero attached hydrogens (tertiary/aromatic N) is 1. The van der Waals surface area contributed by atoms with Gasteiger partial charge in [-0.25, -0.2) is 5.17 Å². The molecule has 1 atom stereocenters. The topological polar surface area (TPSA) is 60.1 Å². The van der Waals surface area contributed by atoms with Gasteiger partial charge in [0.05, 0.1) is 12.2 Å². The lowest BCUT2D eigenvalue weighted by Crippen LogP contribution is -2.95. The van der Waals surface area contributed by atoms with Crippen molar-refractivity contribution in [3.05, 3.63) is 35.0 Å². The van der Waals surface area contributed by atoms with Crippen molar-refractivity contribution in [1.29, 1.82) is 0 Å². The molecule has 0 bridgehead atoms. The van der Waals surface area contributed by atoms with Gasteiger partial charge in [0.1, 0.15) is 5.71 Å². The molecule has 0 spiro atoms. The number of aliphatic hydroxyl groups is 1. The lowest BCUT2D eigenvalue weighted by molar-refractivity contribution is -0.780. The van der Waals surface area contributed by atoms with Crippen LogP contribution in [0.2, 0.25) is 0 Å². The first-order valence-corrected chi connectivity index (χ1v) is 3.65. The molecule has 0 aromatic heterocycles. The standard InChI is InChI=1S/C8H8N2O2/c11-5-7-6-3-1-2-4-8(6)10(12)9-7/h1-4,10-11H,5H2. The summed E-state index contributed by atoms with van der Waals surface area (Å²) in [6.07, 6.45) is 0. The van der Waals surface area contributed by atoms with Crippen LogP contribution in [0.4, 0.5) is 5.69 Å². The lowest BCUT2D eigenvalue weighted by Gasteiger charge is -2.08. The predicted molar refractivity (Wildman–Crippen MR) is 44.1 cm³/mol. The minimum Gasteiger partial charge on any atom is -0.601 e. The van der Waals surface area contributed by atoms with E-state index in [-0.39, 0.29) is 11.8 Å². The summed E-state index contributed by atoms with van der Waals surface area (Å²) in [5.41, 5.74) is 1.81. The zero-order chi connectivity index (χ0) is 8.55. The van der Waals surface area contributed by atoms with Crippen molar-refractivity contribution < 1.29 is 10.3 Å². The first-order chi connectivity index (χ1) is 5.83. The van der Waals surface area contributed by atoms with Crippen LogP contribution in [0, 0.1) is 5.21 Å². The number of rotatable bonds is 1. The summed E-state index contributed by atoms with van der Waals surface area (Å²) in [7, 11) is 0. The molecule has 0 saturated heterocycles. The maximum Gasteiger partial charge on any atom is 0.167 e. The smallest absolute Gasteiger partial charge is 0.167 e. The average molecular weight is 164 g/mol. The van der Waals surface area contributed by atoms with Gasteiger partial charge < -0.3 is 10.3 Å². The van der Waals surface area contributed by atoms with Crippen LogP contribution in [0.5, 0.6) is 0 Å². The van der Waals surface area contributed by atoms with Crippen molar-refractivity contribution in [2.45, 2.75) is 0 Å². The molecule has 1 aromatic rings. The normalized spacial score (nSPS) is 20.5. The third-order valence-electron chi connectivity index (χ3n) is 1.85. The molecule has 0 amide bonds. The average Bonchev–Trinajstić information content (AvgIpc) is 2.44. The molecule has 0 fully saturated rings. The van der Waals surface area contributed by atoms with E-state index in [2.05, 4.69) is 5.10 Å². The minimum atomic E-state index is -0.255. The summed E-state index contributed by atoms with van der Waals surface area (Å²) < 4.78 is 0. The zero-order valence-electron chi connectivity index (χ0n) is 6.32. The molecule has 1 unspecified atom stereocenters. The molecule has 1 aliphatic rings. The highest BCUT2D eigenvalue weighted by Gasteiger charge is 2.21. The second-order valence-electron chi connectivity index (χ2n) is 2.57. The summed E-state index contributed by atoms with van der Waals surface area (Å²) >= 11 is 0. The van der Waals surface area contributed by atoms with E-state index >= 15 is 0 Å². The Morgan fingerprint density at radius 1 is 1.42 bits per heavy atom. The van der Waals surface area contributed by atoms with Crippen molar-refractivity contribution in [3.63, 3.8) is 0 Å². The van der Waals surface area contributed by atoms with Crippen LogP contribution in [0.1, 0.15) is 5.56 Å². The lowest BCUT2D eigenvalue weighted by atomic mass is 10.1. The fourth-order valence-corrected chi connectivity index (χ4v) is 1.28. The molecule has 0 radical (unpaired) electrons. The summed E-state index contributed by atoms with van der Waals surface area (Å²) in [6, 6.07) is 7.11. The number of quaternary nitrogens is 1. The maximum absolute atomic E-state index is 11.1. The third kappa shape index (κ3) is 0.937. The van der Waals surface area contributed by atoms with E-state index < -0.39 is 0 Å². The quantitative estimate of drug-likeness (QED) is 0.545. The van der Waals surface area contributed by atoms with E-state index in [0.29, 0.717) is 11.4 Å². The van der Waals surface area contributed by atoms with E-state index in [0.717, 1.165) is 5.56 Å². The van der Waals surface area contributed by atoms with Gasteiger partial charge >= 0.3 is 0 Å². The van der Waals surface area contributed by atoms with Gasteiger partial charge in [-0.3, -0.25) is 0 Å². The highest BCUT2D eigenvalue weighted by molar-refractivity contribution is 6.05. The number of fused-ring (bicyclic) bond motifs is 1. The van der Waals surface area contributed by atoms with Gasteiger partial charge in [-0.15, -0.1) is 0 Å². The van der Waals surface area contributed by atoms with E-state index in [9.17, 15) is 5.21 Å². The fraction of sp³-hybridized carbons (Fsp3) is 0.125.